The third kappa shape index (κ3) is 4.57. The van der Waals surface area contributed by atoms with E-state index in [4.69, 9.17) is 4.74 Å². The summed E-state index contributed by atoms with van der Waals surface area (Å²) in [6.07, 6.45) is 0.462. The number of anilines is 1. The van der Waals surface area contributed by atoms with Crippen molar-refractivity contribution in [2.45, 2.75) is 27.2 Å². The van der Waals surface area contributed by atoms with Gasteiger partial charge in [0.1, 0.15) is 0 Å². The molecule has 0 aromatic heterocycles. The van der Waals surface area contributed by atoms with Gasteiger partial charge in [-0.2, -0.15) is 0 Å². The lowest BCUT2D eigenvalue weighted by molar-refractivity contribution is -0.116. The highest BCUT2D eigenvalue weighted by atomic mass is 16.5. The summed E-state index contributed by atoms with van der Waals surface area (Å²) in [5.41, 5.74) is 1.06. The summed E-state index contributed by atoms with van der Waals surface area (Å²) in [5.74, 6) is -0.123. The number of benzene rings is 1. The molecule has 18 heavy (non-hydrogen) atoms. The van der Waals surface area contributed by atoms with Crippen LogP contribution in [0.2, 0.25) is 0 Å². The molecule has 0 aliphatic carbocycles. The molecule has 0 saturated heterocycles. The molecular weight excluding hydrogens is 230 g/mol. The minimum absolute atomic E-state index is 0.0500. The number of hydrogen-bond acceptors (Lipinski definition) is 3. The number of amides is 1. The SMILES string of the molecule is CCOC(=O)c1cccc(NC(=O)CC(C)C)c1. The maximum atomic E-state index is 11.6. The van der Waals surface area contributed by atoms with Gasteiger partial charge < -0.3 is 10.1 Å². The molecule has 0 aliphatic heterocycles. The molecule has 0 spiro atoms. The fourth-order valence-electron chi connectivity index (χ4n) is 1.52. The Balaban J connectivity index is 2.70. The number of carbonyl (C=O) groups excluding carboxylic acids is 2. The van der Waals surface area contributed by atoms with Gasteiger partial charge in [0.25, 0.3) is 0 Å². The van der Waals surface area contributed by atoms with E-state index in [9.17, 15) is 9.59 Å². The second-order valence-electron chi connectivity index (χ2n) is 4.45. The van der Waals surface area contributed by atoms with Gasteiger partial charge in [-0.3, -0.25) is 4.79 Å². The Bertz CT molecular complexity index is 427. The molecule has 0 aliphatic rings. The molecule has 98 valence electrons. The van der Waals surface area contributed by atoms with Crippen LogP contribution in [0.25, 0.3) is 0 Å². The Labute approximate surface area is 107 Å². The highest BCUT2D eigenvalue weighted by Crippen LogP contribution is 2.13. The highest BCUT2D eigenvalue weighted by Gasteiger charge is 2.09. The lowest BCUT2D eigenvalue weighted by Gasteiger charge is -2.08. The molecule has 0 fully saturated rings. The molecule has 0 atom stereocenters. The van der Waals surface area contributed by atoms with Crippen LogP contribution < -0.4 is 5.32 Å². The van der Waals surface area contributed by atoms with Crippen molar-refractivity contribution >= 4 is 17.6 Å². The maximum Gasteiger partial charge on any atom is 0.338 e. The summed E-state index contributed by atoms with van der Waals surface area (Å²) in [5, 5.41) is 2.76. The molecule has 0 saturated carbocycles. The molecular formula is C14H19NO3. The van der Waals surface area contributed by atoms with Crippen molar-refractivity contribution in [1.82, 2.24) is 0 Å². The second-order valence-corrected chi connectivity index (χ2v) is 4.45. The third-order valence-electron chi connectivity index (χ3n) is 2.25. The zero-order valence-corrected chi connectivity index (χ0v) is 11.0. The summed E-state index contributed by atoms with van der Waals surface area (Å²) in [4.78, 5) is 23.1. The molecule has 0 radical (unpaired) electrons. The molecule has 1 aromatic rings. The fourth-order valence-corrected chi connectivity index (χ4v) is 1.52. The van der Waals surface area contributed by atoms with Crippen molar-refractivity contribution in [2.75, 3.05) is 11.9 Å². The van der Waals surface area contributed by atoms with Crippen LogP contribution in [0.4, 0.5) is 5.69 Å². The van der Waals surface area contributed by atoms with Crippen LogP contribution in [0.5, 0.6) is 0 Å². The summed E-state index contributed by atoms with van der Waals surface area (Å²) < 4.78 is 4.90. The monoisotopic (exact) mass is 249 g/mol. The van der Waals surface area contributed by atoms with Crippen molar-refractivity contribution in [3.05, 3.63) is 29.8 Å². The van der Waals surface area contributed by atoms with Crippen LogP contribution in [0.3, 0.4) is 0 Å². The zero-order valence-electron chi connectivity index (χ0n) is 11.0. The zero-order chi connectivity index (χ0) is 13.5. The molecule has 4 nitrogen and oxygen atoms in total. The Morgan fingerprint density at radius 3 is 2.67 bits per heavy atom. The minimum Gasteiger partial charge on any atom is -0.462 e. The van der Waals surface area contributed by atoms with E-state index in [2.05, 4.69) is 5.32 Å². The van der Waals surface area contributed by atoms with E-state index in [0.29, 0.717) is 30.2 Å². The summed E-state index contributed by atoms with van der Waals surface area (Å²) in [6.45, 7) is 6.05. The van der Waals surface area contributed by atoms with Crippen LogP contribution in [-0.4, -0.2) is 18.5 Å². The van der Waals surface area contributed by atoms with Crippen LogP contribution in [-0.2, 0) is 9.53 Å². The Morgan fingerprint density at radius 1 is 1.33 bits per heavy atom. The molecule has 0 heterocycles. The van der Waals surface area contributed by atoms with Crippen LogP contribution in [0.15, 0.2) is 24.3 Å². The van der Waals surface area contributed by atoms with E-state index in [1.807, 2.05) is 13.8 Å². The van der Waals surface area contributed by atoms with Gasteiger partial charge in [-0.05, 0) is 31.0 Å². The number of carbonyl (C=O) groups is 2. The molecule has 1 rings (SSSR count). The average molecular weight is 249 g/mol. The second kappa shape index (κ2) is 6.79. The first-order valence-electron chi connectivity index (χ1n) is 6.10. The summed E-state index contributed by atoms with van der Waals surface area (Å²) in [6, 6.07) is 6.75. The fraction of sp³-hybridized carbons (Fsp3) is 0.429. The molecule has 1 amide bonds. The molecule has 1 aromatic carbocycles. The number of hydrogen-bond donors (Lipinski definition) is 1. The van der Waals surface area contributed by atoms with Gasteiger partial charge in [-0.25, -0.2) is 4.79 Å². The van der Waals surface area contributed by atoms with Crippen molar-refractivity contribution in [2.24, 2.45) is 5.92 Å². The minimum atomic E-state index is -0.377. The van der Waals surface area contributed by atoms with Gasteiger partial charge >= 0.3 is 5.97 Å². The summed E-state index contributed by atoms with van der Waals surface area (Å²) >= 11 is 0. The van der Waals surface area contributed by atoms with E-state index >= 15 is 0 Å². The van der Waals surface area contributed by atoms with Gasteiger partial charge in [0.05, 0.1) is 12.2 Å². The predicted molar refractivity (Wildman–Crippen MR) is 70.5 cm³/mol. The first-order valence-corrected chi connectivity index (χ1v) is 6.10. The average Bonchev–Trinajstić information content (AvgIpc) is 2.28. The number of ether oxygens (including phenoxy) is 1. The molecule has 4 heteroatoms. The lowest BCUT2D eigenvalue weighted by Crippen LogP contribution is -2.14. The van der Waals surface area contributed by atoms with E-state index < -0.39 is 0 Å². The van der Waals surface area contributed by atoms with E-state index in [-0.39, 0.29) is 11.9 Å². The Kier molecular flexibility index (Phi) is 5.36. The van der Waals surface area contributed by atoms with Gasteiger partial charge in [0, 0.05) is 12.1 Å². The van der Waals surface area contributed by atoms with Gasteiger partial charge in [-0.1, -0.05) is 19.9 Å². The first-order chi connectivity index (χ1) is 8.52. The van der Waals surface area contributed by atoms with Crippen molar-refractivity contribution in [3.63, 3.8) is 0 Å². The topological polar surface area (TPSA) is 55.4 Å². The van der Waals surface area contributed by atoms with E-state index in [0.717, 1.165) is 0 Å². The van der Waals surface area contributed by atoms with E-state index in [1.165, 1.54) is 0 Å². The van der Waals surface area contributed by atoms with Gasteiger partial charge in [0.2, 0.25) is 5.91 Å². The van der Waals surface area contributed by atoms with Gasteiger partial charge in [-0.15, -0.1) is 0 Å². The molecule has 1 N–H and O–H groups in total. The van der Waals surface area contributed by atoms with Crippen molar-refractivity contribution in [3.8, 4) is 0 Å². The predicted octanol–water partition coefficient (Wildman–Crippen LogP) is 2.85. The van der Waals surface area contributed by atoms with Crippen LogP contribution >= 0.6 is 0 Å². The van der Waals surface area contributed by atoms with Gasteiger partial charge in [0.15, 0.2) is 0 Å². The van der Waals surface area contributed by atoms with Crippen molar-refractivity contribution in [1.29, 1.82) is 0 Å². The van der Waals surface area contributed by atoms with E-state index in [1.54, 1.807) is 31.2 Å². The van der Waals surface area contributed by atoms with Crippen molar-refractivity contribution < 1.29 is 14.3 Å². The number of rotatable bonds is 5. The largest absolute Gasteiger partial charge is 0.462 e. The summed E-state index contributed by atoms with van der Waals surface area (Å²) in [7, 11) is 0. The quantitative estimate of drug-likeness (QED) is 0.816. The maximum absolute atomic E-state index is 11.6. The molecule has 0 bridgehead atoms. The van der Waals surface area contributed by atoms with Crippen LogP contribution in [0, 0.1) is 5.92 Å². The number of nitrogens with one attached hydrogen (secondary N) is 1. The Morgan fingerprint density at radius 2 is 2.06 bits per heavy atom. The Hall–Kier alpha value is -1.84. The van der Waals surface area contributed by atoms with Crippen LogP contribution in [0.1, 0.15) is 37.6 Å². The molecule has 0 unspecified atom stereocenters. The lowest BCUT2D eigenvalue weighted by atomic mass is 10.1. The first kappa shape index (κ1) is 14.2. The standard InChI is InChI=1S/C14H19NO3/c1-4-18-14(17)11-6-5-7-12(9-11)15-13(16)8-10(2)3/h5-7,9-10H,4,8H2,1-3H3,(H,15,16). The number of esters is 1. The smallest absolute Gasteiger partial charge is 0.338 e. The normalized spacial score (nSPS) is 10.2. The highest BCUT2D eigenvalue weighted by molar-refractivity contribution is 5.94. The third-order valence-corrected chi connectivity index (χ3v) is 2.25.